The third kappa shape index (κ3) is 2.17. The van der Waals surface area contributed by atoms with Crippen molar-refractivity contribution in [2.24, 2.45) is 0 Å². The molecular formula is C13H9BrO4. The predicted octanol–water partition coefficient (Wildman–Crippen LogP) is 2.80. The van der Waals surface area contributed by atoms with Gasteiger partial charge in [0.05, 0.1) is 5.56 Å². The fourth-order valence-electron chi connectivity index (χ4n) is 1.54. The van der Waals surface area contributed by atoms with Crippen LogP contribution in [0.15, 0.2) is 40.9 Å². The number of benzene rings is 2. The number of para-hydroxylation sites is 1. The fourth-order valence-corrected chi connectivity index (χ4v) is 2.05. The second-order valence-corrected chi connectivity index (χ2v) is 4.52. The molecule has 0 aromatic heterocycles. The molecule has 0 aliphatic rings. The van der Waals surface area contributed by atoms with E-state index in [4.69, 9.17) is 0 Å². The number of hydrogen-bond acceptors (Lipinski definition) is 4. The Balaban J connectivity index is 2.53. The molecule has 0 spiro atoms. The molecule has 0 radical (unpaired) electrons. The van der Waals surface area contributed by atoms with Crippen molar-refractivity contribution in [3.8, 4) is 17.2 Å². The van der Waals surface area contributed by atoms with Gasteiger partial charge in [-0.2, -0.15) is 0 Å². The number of aromatic hydroxyl groups is 3. The molecule has 0 atom stereocenters. The first-order valence-corrected chi connectivity index (χ1v) is 5.84. The molecule has 2 aromatic rings. The summed E-state index contributed by atoms with van der Waals surface area (Å²) in [6.45, 7) is 0. The van der Waals surface area contributed by atoms with Crippen molar-refractivity contribution in [2.75, 3.05) is 0 Å². The largest absolute Gasteiger partial charge is 0.507 e. The van der Waals surface area contributed by atoms with Crippen LogP contribution < -0.4 is 0 Å². The second-order valence-electron chi connectivity index (χ2n) is 3.67. The van der Waals surface area contributed by atoms with Crippen LogP contribution in [0.4, 0.5) is 0 Å². The predicted molar refractivity (Wildman–Crippen MR) is 69.0 cm³/mol. The zero-order valence-corrected chi connectivity index (χ0v) is 10.7. The minimum atomic E-state index is -0.449. The van der Waals surface area contributed by atoms with Crippen LogP contribution in [0.2, 0.25) is 0 Å². The standard InChI is InChI=1S/C13H9BrO4/c14-9-6-12(17)11(16)5-8(9)13(18)7-3-1-2-4-10(7)15/h1-6,15-17H. The lowest BCUT2D eigenvalue weighted by Crippen LogP contribution is -2.02. The van der Waals surface area contributed by atoms with Crippen molar-refractivity contribution in [3.05, 3.63) is 52.0 Å². The van der Waals surface area contributed by atoms with E-state index in [-0.39, 0.29) is 22.6 Å². The lowest BCUT2D eigenvalue weighted by Gasteiger charge is -2.07. The van der Waals surface area contributed by atoms with E-state index in [1.165, 1.54) is 18.2 Å². The zero-order chi connectivity index (χ0) is 13.3. The van der Waals surface area contributed by atoms with Gasteiger partial charge in [0.2, 0.25) is 0 Å². The summed E-state index contributed by atoms with van der Waals surface area (Å²) in [5.41, 5.74) is 0.287. The van der Waals surface area contributed by atoms with Crippen LogP contribution in [0, 0.1) is 0 Å². The molecule has 2 rings (SSSR count). The highest BCUT2D eigenvalue weighted by molar-refractivity contribution is 9.10. The maximum Gasteiger partial charge on any atom is 0.198 e. The highest BCUT2D eigenvalue weighted by atomic mass is 79.9. The molecule has 0 fully saturated rings. The molecule has 0 aliphatic heterocycles. The Kier molecular flexibility index (Phi) is 3.25. The monoisotopic (exact) mass is 308 g/mol. The Labute approximate surface area is 111 Å². The fraction of sp³-hybridized carbons (Fsp3) is 0. The molecule has 92 valence electrons. The highest BCUT2D eigenvalue weighted by Crippen LogP contribution is 2.33. The molecule has 0 saturated heterocycles. The Morgan fingerprint density at radius 3 is 2.17 bits per heavy atom. The van der Waals surface area contributed by atoms with Gasteiger partial charge >= 0.3 is 0 Å². The van der Waals surface area contributed by atoms with E-state index in [9.17, 15) is 20.1 Å². The first-order chi connectivity index (χ1) is 8.50. The Hall–Kier alpha value is -2.01. The molecule has 2 aromatic carbocycles. The first kappa shape index (κ1) is 12.4. The smallest absolute Gasteiger partial charge is 0.198 e. The molecule has 0 unspecified atom stereocenters. The number of hydrogen-bond donors (Lipinski definition) is 3. The minimum absolute atomic E-state index is 0.128. The van der Waals surface area contributed by atoms with Crippen molar-refractivity contribution in [3.63, 3.8) is 0 Å². The molecule has 3 N–H and O–H groups in total. The average molecular weight is 309 g/mol. The van der Waals surface area contributed by atoms with Crippen molar-refractivity contribution >= 4 is 21.7 Å². The topological polar surface area (TPSA) is 77.8 Å². The third-order valence-corrected chi connectivity index (χ3v) is 3.11. The molecule has 0 aliphatic carbocycles. The summed E-state index contributed by atoms with van der Waals surface area (Å²) in [4.78, 5) is 12.2. The summed E-state index contributed by atoms with van der Waals surface area (Å²) < 4.78 is 0.339. The van der Waals surface area contributed by atoms with Crippen LogP contribution in [0.1, 0.15) is 15.9 Å². The van der Waals surface area contributed by atoms with E-state index in [0.717, 1.165) is 6.07 Å². The van der Waals surface area contributed by atoms with Gasteiger partial charge in [0.15, 0.2) is 17.3 Å². The summed E-state index contributed by atoms with van der Waals surface area (Å²) >= 11 is 3.13. The van der Waals surface area contributed by atoms with Gasteiger partial charge in [-0.25, -0.2) is 0 Å². The lowest BCUT2D eigenvalue weighted by molar-refractivity contribution is 0.103. The van der Waals surface area contributed by atoms with Crippen LogP contribution in [0.3, 0.4) is 0 Å². The van der Waals surface area contributed by atoms with Gasteiger partial charge in [0.1, 0.15) is 5.75 Å². The molecule has 0 amide bonds. The van der Waals surface area contributed by atoms with E-state index in [0.29, 0.717) is 4.47 Å². The van der Waals surface area contributed by atoms with Crippen LogP contribution in [-0.4, -0.2) is 21.1 Å². The Morgan fingerprint density at radius 1 is 0.889 bits per heavy atom. The van der Waals surface area contributed by atoms with Gasteiger partial charge in [-0.1, -0.05) is 12.1 Å². The van der Waals surface area contributed by atoms with Gasteiger partial charge in [-0.3, -0.25) is 4.79 Å². The number of halogens is 1. The average Bonchev–Trinajstić information content (AvgIpc) is 2.33. The number of carbonyl (C=O) groups excluding carboxylic acids is 1. The summed E-state index contributed by atoms with van der Waals surface area (Å²) in [5.74, 6) is -1.30. The molecule has 18 heavy (non-hydrogen) atoms. The van der Waals surface area contributed by atoms with Crippen LogP contribution in [0.25, 0.3) is 0 Å². The number of phenolic OH excluding ortho intramolecular Hbond substituents is 3. The van der Waals surface area contributed by atoms with Crippen molar-refractivity contribution < 1.29 is 20.1 Å². The maximum atomic E-state index is 12.2. The summed E-state index contributed by atoms with van der Waals surface area (Å²) in [5, 5.41) is 28.3. The van der Waals surface area contributed by atoms with Gasteiger partial charge in [0.25, 0.3) is 0 Å². The molecule has 5 heteroatoms. The van der Waals surface area contributed by atoms with E-state index < -0.39 is 11.5 Å². The van der Waals surface area contributed by atoms with Gasteiger partial charge in [-0.15, -0.1) is 0 Å². The normalized spacial score (nSPS) is 10.3. The van der Waals surface area contributed by atoms with Gasteiger partial charge in [0, 0.05) is 10.0 Å². The number of phenols is 3. The number of rotatable bonds is 2. The van der Waals surface area contributed by atoms with Gasteiger partial charge < -0.3 is 15.3 Å². The number of ketones is 1. The summed E-state index contributed by atoms with van der Waals surface area (Å²) in [6, 6.07) is 8.49. The SMILES string of the molecule is O=C(c1ccccc1O)c1cc(O)c(O)cc1Br. The highest BCUT2D eigenvalue weighted by Gasteiger charge is 2.18. The maximum absolute atomic E-state index is 12.2. The van der Waals surface area contributed by atoms with E-state index >= 15 is 0 Å². The summed E-state index contributed by atoms with van der Waals surface area (Å²) in [7, 11) is 0. The minimum Gasteiger partial charge on any atom is -0.507 e. The zero-order valence-electron chi connectivity index (χ0n) is 9.09. The molecule has 4 nitrogen and oxygen atoms in total. The molecule has 0 heterocycles. The molecule has 0 bridgehead atoms. The Morgan fingerprint density at radius 2 is 1.50 bits per heavy atom. The molecular weight excluding hydrogens is 300 g/mol. The van der Waals surface area contributed by atoms with E-state index in [1.807, 2.05) is 0 Å². The van der Waals surface area contributed by atoms with Crippen LogP contribution in [0.5, 0.6) is 17.2 Å². The van der Waals surface area contributed by atoms with Crippen molar-refractivity contribution in [1.29, 1.82) is 0 Å². The Bertz CT molecular complexity index is 622. The first-order valence-electron chi connectivity index (χ1n) is 5.05. The summed E-state index contributed by atoms with van der Waals surface area (Å²) in [6.07, 6.45) is 0. The third-order valence-electron chi connectivity index (χ3n) is 2.46. The number of carbonyl (C=O) groups is 1. The van der Waals surface area contributed by atoms with Crippen LogP contribution >= 0.6 is 15.9 Å². The molecule has 0 saturated carbocycles. The van der Waals surface area contributed by atoms with Crippen molar-refractivity contribution in [2.45, 2.75) is 0 Å². The van der Waals surface area contributed by atoms with E-state index in [1.54, 1.807) is 12.1 Å². The van der Waals surface area contributed by atoms with Crippen LogP contribution in [-0.2, 0) is 0 Å². The van der Waals surface area contributed by atoms with Gasteiger partial charge in [-0.05, 0) is 40.2 Å². The second kappa shape index (κ2) is 4.70. The van der Waals surface area contributed by atoms with Crippen molar-refractivity contribution in [1.82, 2.24) is 0 Å². The van der Waals surface area contributed by atoms with E-state index in [2.05, 4.69) is 15.9 Å². The lowest BCUT2D eigenvalue weighted by atomic mass is 10.0. The quantitative estimate of drug-likeness (QED) is 0.589.